The van der Waals surface area contributed by atoms with Crippen LogP contribution in [0.4, 0.5) is 13.2 Å². The maximum absolute atomic E-state index is 11.9. The molecular weight excluding hydrogens is 215 g/mol. The number of ether oxygens (including phenoxy) is 1. The quantitative estimate of drug-likeness (QED) is 0.672. The van der Waals surface area contributed by atoms with Crippen molar-refractivity contribution in [1.29, 1.82) is 0 Å². The van der Waals surface area contributed by atoms with Crippen LogP contribution in [0.2, 0.25) is 0 Å². The normalized spacial score (nSPS) is 11.0. The number of esters is 1. The van der Waals surface area contributed by atoms with E-state index in [1.165, 1.54) is 6.92 Å². The summed E-state index contributed by atoms with van der Waals surface area (Å²) in [6.45, 7) is 1.06. The van der Waals surface area contributed by atoms with Crippen molar-refractivity contribution >= 4 is 11.9 Å². The Morgan fingerprint density at radius 3 is 2.20 bits per heavy atom. The van der Waals surface area contributed by atoms with Gasteiger partial charge in [-0.1, -0.05) is 0 Å². The van der Waals surface area contributed by atoms with Gasteiger partial charge >= 0.3 is 12.1 Å². The maximum atomic E-state index is 11.9. The summed E-state index contributed by atoms with van der Waals surface area (Å²) in [4.78, 5) is 22.6. The number of hydrogen-bond donors (Lipinski definition) is 0. The Hall–Kier alpha value is -1.27. The van der Waals surface area contributed by atoms with E-state index in [0.717, 1.165) is 12.0 Å². The van der Waals surface area contributed by atoms with Crippen LogP contribution in [0.5, 0.6) is 0 Å². The van der Waals surface area contributed by atoms with Crippen molar-refractivity contribution in [2.75, 3.05) is 20.2 Å². The van der Waals surface area contributed by atoms with Crippen molar-refractivity contribution in [3.05, 3.63) is 0 Å². The molecule has 0 aromatic carbocycles. The molecule has 88 valence electrons. The number of rotatable bonds is 4. The average Bonchev–Trinajstić information content (AvgIpc) is 2.10. The summed E-state index contributed by atoms with van der Waals surface area (Å²) in [5.74, 6) is -1.87. The second kappa shape index (κ2) is 5.57. The fourth-order valence-corrected chi connectivity index (χ4v) is 0.880. The number of likely N-dealkylation sites (N-methyl/N-ethyl adjacent to an activating group) is 1. The molecule has 0 radical (unpaired) electrons. The highest BCUT2D eigenvalue weighted by molar-refractivity contribution is 5.82. The Labute approximate surface area is 85.0 Å². The van der Waals surface area contributed by atoms with Crippen LogP contribution in [0.25, 0.3) is 0 Å². The van der Waals surface area contributed by atoms with E-state index in [-0.39, 0.29) is 6.54 Å². The molecule has 0 bridgehead atoms. The predicted molar refractivity (Wildman–Crippen MR) is 44.9 cm³/mol. The molecule has 0 aromatic rings. The molecule has 0 aliphatic rings. The number of carbonyl (C=O) groups is 2. The Bertz CT molecular complexity index is 240. The van der Waals surface area contributed by atoms with Crippen LogP contribution in [-0.4, -0.2) is 43.2 Å². The Morgan fingerprint density at radius 1 is 1.33 bits per heavy atom. The lowest BCUT2D eigenvalue weighted by molar-refractivity contribution is -0.164. The van der Waals surface area contributed by atoms with Crippen LogP contribution >= 0.6 is 0 Å². The Morgan fingerprint density at radius 2 is 1.87 bits per heavy atom. The smallest absolute Gasteiger partial charge is 0.397 e. The van der Waals surface area contributed by atoms with Gasteiger partial charge in [0.25, 0.3) is 0 Å². The molecule has 0 aromatic heterocycles. The first kappa shape index (κ1) is 13.7. The Balaban J connectivity index is 4.29. The van der Waals surface area contributed by atoms with Gasteiger partial charge in [0.2, 0.25) is 5.91 Å². The van der Waals surface area contributed by atoms with Gasteiger partial charge in [-0.15, -0.1) is 0 Å². The van der Waals surface area contributed by atoms with Crippen LogP contribution < -0.4 is 0 Å². The van der Waals surface area contributed by atoms with Gasteiger partial charge in [0.05, 0.1) is 7.11 Å². The fraction of sp³-hybridized carbons (Fsp3) is 0.750. The standard InChI is InChI=1S/C8H12F3NO3/c1-3-12(5-7(14)15-2)6(13)4-8(9,10)11/h3-5H2,1-2H3. The Kier molecular flexibility index (Phi) is 5.10. The zero-order valence-electron chi connectivity index (χ0n) is 8.43. The van der Waals surface area contributed by atoms with Gasteiger partial charge in [-0.2, -0.15) is 13.2 Å². The molecule has 0 fully saturated rings. The van der Waals surface area contributed by atoms with E-state index in [1.807, 2.05) is 0 Å². The predicted octanol–water partition coefficient (Wildman–Crippen LogP) is 0.960. The van der Waals surface area contributed by atoms with E-state index in [9.17, 15) is 22.8 Å². The summed E-state index contributed by atoms with van der Waals surface area (Å²) in [5.41, 5.74) is 0. The molecule has 0 rings (SSSR count). The van der Waals surface area contributed by atoms with E-state index < -0.39 is 31.0 Å². The minimum atomic E-state index is -4.55. The monoisotopic (exact) mass is 227 g/mol. The third-order valence-corrected chi connectivity index (χ3v) is 1.63. The number of methoxy groups -OCH3 is 1. The van der Waals surface area contributed by atoms with Gasteiger partial charge in [0.15, 0.2) is 0 Å². The van der Waals surface area contributed by atoms with Crippen molar-refractivity contribution in [2.45, 2.75) is 19.5 Å². The summed E-state index contributed by atoms with van der Waals surface area (Å²) >= 11 is 0. The van der Waals surface area contributed by atoms with Gasteiger partial charge in [-0.05, 0) is 6.92 Å². The first-order valence-corrected chi connectivity index (χ1v) is 4.21. The minimum absolute atomic E-state index is 0.0318. The van der Waals surface area contributed by atoms with Gasteiger partial charge in [-0.3, -0.25) is 9.59 Å². The molecule has 0 heterocycles. The molecular formula is C8H12F3NO3. The summed E-state index contributed by atoms with van der Waals surface area (Å²) in [7, 11) is 1.10. The number of halogens is 3. The summed E-state index contributed by atoms with van der Waals surface area (Å²) in [5, 5.41) is 0. The number of hydrogen-bond acceptors (Lipinski definition) is 3. The molecule has 15 heavy (non-hydrogen) atoms. The zero-order chi connectivity index (χ0) is 12.1. The van der Waals surface area contributed by atoms with Crippen LogP contribution in [-0.2, 0) is 14.3 Å². The number of nitrogens with zero attached hydrogens (tertiary/aromatic N) is 1. The molecule has 7 heteroatoms. The number of alkyl halides is 3. The van der Waals surface area contributed by atoms with E-state index in [4.69, 9.17) is 0 Å². The van der Waals surface area contributed by atoms with E-state index in [0.29, 0.717) is 0 Å². The lowest BCUT2D eigenvalue weighted by Crippen LogP contribution is -2.38. The highest BCUT2D eigenvalue weighted by atomic mass is 19.4. The van der Waals surface area contributed by atoms with Crippen molar-refractivity contribution < 1.29 is 27.5 Å². The number of carbonyl (C=O) groups excluding carboxylic acids is 2. The molecule has 4 nitrogen and oxygen atoms in total. The van der Waals surface area contributed by atoms with E-state index in [2.05, 4.69) is 4.74 Å². The van der Waals surface area contributed by atoms with Crippen LogP contribution in [0.15, 0.2) is 0 Å². The molecule has 1 amide bonds. The van der Waals surface area contributed by atoms with Crippen molar-refractivity contribution in [1.82, 2.24) is 4.90 Å². The highest BCUT2D eigenvalue weighted by Gasteiger charge is 2.33. The summed E-state index contributed by atoms with van der Waals surface area (Å²) < 4.78 is 39.8. The minimum Gasteiger partial charge on any atom is -0.468 e. The van der Waals surface area contributed by atoms with Gasteiger partial charge in [0.1, 0.15) is 13.0 Å². The molecule has 0 aliphatic heterocycles. The summed E-state index contributed by atoms with van der Waals surface area (Å²) in [6, 6.07) is 0. The van der Waals surface area contributed by atoms with E-state index >= 15 is 0 Å². The van der Waals surface area contributed by atoms with Crippen molar-refractivity contribution in [3.8, 4) is 0 Å². The lowest BCUT2D eigenvalue weighted by Gasteiger charge is -2.19. The molecule has 0 N–H and O–H groups in total. The van der Waals surface area contributed by atoms with Crippen molar-refractivity contribution in [3.63, 3.8) is 0 Å². The molecule has 0 atom stereocenters. The third-order valence-electron chi connectivity index (χ3n) is 1.63. The van der Waals surface area contributed by atoms with Gasteiger partial charge < -0.3 is 9.64 Å². The van der Waals surface area contributed by atoms with E-state index in [1.54, 1.807) is 0 Å². The van der Waals surface area contributed by atoms with Crippen LogP contribution in [0.3, 0.4) is 0 Å². The zero-order valence-corrected chi connectivity index (χ0v) is 8.43. The lowest BCUT2D eigenvalue weighted by atomic mass is 10.3. The molecule has 0 saturated carbocycles. The number of amides is 1. The van der Waals surface area contributed by atoms with Gasteiger partial charge in [0, 0.05) is 6.54 Å². The largest absolute Gasteiger partial charge is 0.468 e. The highest BCUT2D eigenvalue weighted by Crippen LogP contribution is 2.20. The molecule has 0 aliphatic carbocycles. The van der Waals surface area contributed by atoms with Crippen LogP contribution in [0.1, 0.15) is 13.3 Å². The fourth-order valence-electron chi connectivity index (χ4n) is 0.880. The molecule has 0 spiro atoms. The van der Waals surface area contributed by atoms with Crippen LogP contribution in [0, 0.1) is 0 Å². The average molecular weight is 227 g/mol. The third kappa shape index (κ3) is 5.92. The molecule has 0 unspecified atom stereocenters. The topological polar surface area (TPSA) is 46.6 Å². The van der Waals surface area contributed by atoms with Gasteiger partial charge in [-0.25, -0.2) is 0 Å². The first-order chi connectivity index (χ1) is 6.80. The summed E-state index contributed by atoms with van der Waals surface area (Å²) in [6.07, 6.45) is -6.11. The SMILES string of the molecule is CCN(CC(=O)OC)C(=O)CC(F)(F)F. The second-order valence-corrected chi connectivity index (χ2v) is 2.78. The molecule has 0 saturated heterocycles. The van der Waals surface area contributed by atoms with Crippen molar-refractivity contribution in [2.24, 2.45) is 0 Å². The second-order valence-electron chi connectivity index (χ2n) is 2.78. The maximum Gasteiger partial charge on any atom is 0.397 e. The first-order valence-electron chi connectivity index (χ1n) is 4.21.